The molecule has 1 N–H and O–H groups in total. The summed E-state index contributed by atoms with van der Waals surface area (Å²) >= 11 is 0. The molecular formula is C17H30N4. The molecule has 2 atom stereocenters. The Kier molecular flexibility index (Phi) is 3.87. The third kappa shape index (κ3) is 3.32. The second-order valence-electron chi connectivity index (χ2n) is 8.25. The van der Waals surface area contributed by atoms with Crippen molar-refractivity contribution in [3.8, 4) is 0 Å². The van der Waals surface area contributed by atoms with Gasteiger partial charge in [-0.15, -0.1) is 0 Å². The highest BCUT2D eigenvalue weighted by Gasteiger charge is 2.43. The summed E-state index contributed by atoms with van der Waals surface area (Å²) in [6.07, 6.45) is 2.89. The van der Waals surface area contributed by atoms with Gasteiger partial charge in [0.2, 0.25) is 0 Å². The Morgan fingerprint density at radius 2 is 2.00 bits per heavy atom. The van der Waals surface area contributed by atoms with Gasteiger partial charge in [-0.05, 0) is 44.8 Å². The first-order chi connectivity index (χ1) is 9.84. The summed E-state index contributed by atoms with van der Waals surface area (Å²) in [6.45, 7) is 10.1. The van der Waals surface area contributed by atoms with E-state index in [1.807, 2.05) is 0 Å². The highest BCUT2D eigenvalue weighted by atomic mass is 15.3. The van der Waals surface area contributed by atoms with Crippen LogP contribution in [0.2, 0.25) is 0 Å². The van der Waals surface area contributed by atoms with Crippen molar-refractivity contribution in [1.29, 1.82) is 0 Å². The highest BCUT2D eigenvalue weighted by molar-refractivity contribution is 5.16. The number of aromatic nitrogens is 2. The molecule has 21 heavy (non-hydrogen) atoms. The standard InChI is InChI=1S/C17H30N4/c1-17(2,3)16-8-13(18-19-16)9-21-10-14(12-6-7-12)15(11-21)20(4)5/h8,12,14-15H,6-7,9-11H2,1-5H3,(H,18,19)/t14-,15+/m0/s1. The number of nitrogens with zero attached hydrogens (tertiary/aromatic N) is 3. The number of hydrogen-bond acceptors (Lipinski definition) is 3. The summed E-state index contributed by atoms with van der Waals surface area (Å²) in [5, 5.41) is 7.73. The summed E-state index contributed by atoms with van der Waals surface area (Å²) in [5.41, 5.74) is 2.55. The molecule has 0 spiro atoms. The average molecular weight is 290 g/mol. The first kappa shape index (κ1) is 15.0. The van der Waals surface area contributed by atoms with E-state index < -0.39 is 0 Å². The number of nitrogens with one attached hydrogen (secondary N) is 1. The summed E-state index contributed by atoms with van der Waals surface area (Å²) < 4.78 is 0. The third-order valence-electron chi connectivity index (χ3n) is 5.09. The van der Waals surface area contributed by atoms with Gasteiger partial charge in [0.05, 0.1) is 5.69 Å². The molecule has 1 saturated carbocycles. The zero-order chi connectivity index (χ0) is 15.2. The molecule has 2 fully saturated rings. The molecule has 4 nitrogen and oxygen atoms in total. The van der Waals surface area contributed by atoms with Gasteiger partial charge < -0.3 is 4.90 Å². The molecule has 0 radical (unpaired) electrons. The van der Waals surface area contributed by atoms with Crippen molar-refractivity contribution in [3.05, 3.63) is 17.5 Å². The maximum absolute atomic E-state index is 4.49. The average Bonchev–Trinajstić information content (AvgIpc) is 2.96. The summed E-state index contributed by atoms with van der Waals surface area (Å²) in [6, 6.07) is 2.97. The molecule has 0 aromatic carbocycles. The Morgan fingerprint density at radius 3 is 2.52 bits per heavy atom. The van der Waals surface area contributed by atoms with E-state index in [2.05, 4.69) is 60.9 Å². The summed E-state index contributed by atoms with van der Waals surface area (Å²) in [4.78, 5) is 5.03. The lowest BCUT2D eigenvalue weighted by Gasteiger charge is -2.24. The van der Waals surface area contributed by atoms with Crippen LogP contribution in [0.15, 0.2) is 6.07 Å². The van der Waals surface area contributed by atoms with Gasteiger partial charge in [-0.2, -0.15) is 5.10 Å². The van der Waals surface area contributed by atoms with E-state index in [0.29, 0.717) is 0 Å². The van der Waals surface area contributed by atoms with Crippen LogP contribution in [0.3, 0.4) is 0 Å². The molecule has 2 aliphatic rings. The molecular weight excluding hydrogens is 260 g/mol. The van der Waals surface area contributed by atoms with Gasteiger partial charge in [0, 0.05) is 36.8 Å². The second kappa shape index (κ2) is 5.40. The smallest absolute Gasteiger partial charge is 0.0678 e. The molecule has 3 rings (SSSR count). The Labute approximate surface area is 128 Å². The SMILES string of the molecule is CN(C)[C@@H]1CN(Cc2cc(C(C)(C)C)n[nH]2)C[C@H]1C1CC1. The molecule has 0 amide bonds. The van der Waals surface area contributed by atoms with Crippen LogP contribution in [0, 0.1) is 11.8 Å². The number of likely N-dealkylation sites (N-methyl/N-ethyl adjacent to an activating group) is 1. The van der Waals surface area contributed by atoms with Crippen molar-refractivity contribution in [1.82, 2.24) is 20.0 Å². The van der Waals surface area contributed by atoms with E-state index in [1.165, 1.54) is 37.3 Å². The molecule has 0 bridgehead atoms. The molecule has 1 saturated heterocycles. The number of rotatable bonds is 4. The van der Waals surface area contributed by atoms with Crippen LogP contribution in [0.4, 0.5) is 0 Å². The fourth-order valence-electron chi connectivity index (χ4n) is 3.62. The molecule has 1 aromatic rings. The summed E-state index contributed by atoms with van der Waals surface area (Å²) in [7, 11) is 4.47. The number of H-pyrrole nitrogens is 1. The zero-order valence-electron chi connectivity index (χ0n) is 14.2. The van der Waals surface area contributed by atoms with Crippen LogP contribution in [0.1, 0.15) is 45.0 Å². The Hall–Kier alpha value is -0.870. The van der Waals surface area contributed by atoms with Crippen molar-refractivity contribution in [3.63, 3.8) is 0 Å². The Balaban J connectivity index is 1.64. The Bertz CT molecular complexity index is 471. The first-order valence-corrected chi connectivity index (χ1v) is 8.28. The lowest BCUT2D eigenvalue weighted by atomic mass is 9.92. The van der Waals surface area contributed by atoms with Gasteiger partial charge in [-0.1, -0.05) is 20.8 Å². The van der Waals surface area contributed by atoms with Gasteiger partial charge in [0.15, 0.2) is 0 Å². The van der Waals surface area contributed by atoms with Gasteiger partial charge in [0.25, 0.3) is 0 Å². The van der Waals surface area contributed by atoms with Crippen LogP contribution in [-0.4, -0.2) is 53.2 Å². The predicted molar refractivity (Wildman–Crippen MR) is 86.3 cm³/mol. The van der Waals surface area contributed by atoms with E-state index in [1.54, 1.807) is 0 Å². The normalized spacial score (nSPS) is 27.7. The number of likely N-dealkylation sites (tertiary alicyclic amines) is 1. The van der Waals surface area contributed by atoms with E-state index in [-0.39, 0.29) is 5.41 Å². The third-order valence-corrected chi connectivity index (χ3v) is 5.09. The zero-order valence-corrected chi connectivity index (χ0v) is 14.2. The van der Waals surface area contributed by atoms with Crippen molar-refractivity contribution < 1.29 is 0 Å². The van der Waals surface area contributed by atoms with E-state index in [4.69, 9.17) is 0 Å². The minimum Gasteiger partial charge on any atom is -0.305 e. The van der Waals surface area contributed by atoms with E-state index in [0.717, 1.165) is 24.4 Å². The first-order valence-electron chi connectivity index (χ1n) is 8.28. The van der Waals surface area contributed by atoms with Crippen molar-refractivity contribution in [2.24, 2.45) is 11.8 Å². The van der Waals surface area contributed by atoms with Crippen LogP contribution >= 0.6 is 0 Å². The van der Waals surface area contributed by atoms with Crippen LogP contribution < -0.4 is 0 Å². The second-order valence-corrected chi connectivity index (χ2v) is 8.25. The predicted octanol–water partition coefficient (Wildman–Crippen LogP) is 2.48. The van der Waals surface area contributed by atoms with Crippen molar-refractivity contribution in [2.75, 3.05) is 27.2 Å². The number of hydrogen-bond donors (Lipinski definition) is 1. The van der Waals surface area contributed by atoms with Gasteiger partial charge in [0.1, 0.15) is 0 Å². The molecule has 118 valence electrons. The molecule has 0 unspecified atom stereocenters. The minimum absolute atomic E-state index is 0.127. The van der Waals surface area contributed by atoms with Crippen LogP contribution in [-0.2, 0) is 12.0 Å². The Morgan fingerprint density at radius 1 is 1.29 bits per heavy atom. The highest BCUT2D eigenvalue weighted by Crippen LogP contribution is 2.42. The maximum atomic E-state index is 4.49. The monoisotopic (exact) mass is 290 g/mol. The maximum Gasteiger partial charge on any atom is 0.0678 e. The van der Waals surface area contributed by atoms with Crippen molar-refractivity contribution in [2.45, 2.75) is 51.6 Å². The van der Waals surface area contributed by atoms with Crippen LogP contribution in [0.25, 0.3) is 0 Å². The molecule has 1 aliphatic heterocycles. The molecule has 1 aromatic heterocycles. The van der Waals surface area contributed by atoms with Gasteiger partial charge >= 0.3 is 0 Å². The lowest BCUT2D eigenvalue weighted by molar-refractivity contribution is 0.233. The minimum atomic E-state index is 0.127. The summed E-state index contributed by atoms with van der Waals surface area (Å²) in [5.74, 6) is 1.85. The quantitative estimate of drug-likeness (QED) is 0.925. The van der Waals surface area contributed by atoms with E-state index in [9.17, 15) is 0 Å². The van der Waals surface area contributed by atoms with Gasteiger partial charge in [-0.3, -0.25) is 10.00 Å². The van der Waals surface area contributed by atoms with Crippen LogP contribution in [0.5, 0.6) is 0 Å². The van der Waals surface area contributed by atoms with E-state index >= 15 is 0 Å². The van der Waals surface area contributed by atoms with Gasteiger partial charge in [-0.25, -0.2) is 0 Å². The molecule has 1 aliphatic carbocycles. The lowest BCUT2D eigenvalue weighted by Crippen LogP contribution is -2.36. The molecule has 4 heteroatoms. The molecule has 2 heterocycles. The fraction of sp³-hybridized carbons (Fsp3) is 0.824. The van der Waals surface area contributed by atoms with Crippen molar-refractivity contribution >= 4 is 0 Å². The number of aromatic amines is 1. The topological polar surface area (TPSA) is 35.2 Å². The fourth-order valence-corrected chi connectivity index (χ4v) is 3.62. The largest absolute Gasteiger partial charge is 0.305 e.